The Balaban J connectivity index is 1.62. The van der Waals surface area contributed by atoms with Crippen molar-refractivity contribution in [1.82, 2.24) is 14.2 Å². The SMILES string of the molecule is O=C(Cn1ccn2nc3c(c2c1=O)CCCC3)Nc1ccccc1C(F)(F)F. The van der Waals surface area contributed by atoms with Crippen LogP contribution in [0.1, 0.15) is 29.7 Å². The van der Waals surface area contributed by atoms with Gasteiger partial charge in [-0.15, -0.1) is 0 Å². The van der Waals surface area contributed by atoms with Gasteiger partial charge in [-0.25, -0.2) is 4.52 Å². The average molecular weight is 390 g/mol. The Kier molecular flexibility index (Phi) is 4.44. The average Bonchev–Trinajstić information content (AvgIpc) is 3.03. The third kappa shape index (κ3) is 3.28. The summed E-state index contributed by atoms with van der Waals surface area (Å²) in [5.74, 6) is -0.712. The van der Waals surface area contributed by atoms with Gasteiger partial charge in [-0.1, -0.05) is 12.1 Å². The highest BCUT2D eigenvalue weighted by molar-refractivity contribution is 5.91. The van der Waals surface area contributed by atoms with E-state index in [4.69, 9.17) is 0 Å². The van der Waals surface area contributed by atoms with Crippen molar-refractivity contribution in [3.8, 4) is 0 Å². The Labute approximate surface area is 157 Å². The molecule has 0 saturated carbocycles. The molecule has 28 heavy (non-hydrogen) atoms. The lowest BCUT2D eigenvalue weighted by Crippen LogP contribution is -2.29. The molecule has 6 nitrogen and oxygen atoms in total. The minimum absolute atomic E-state index is 0.337. The van der Waals surface area contributed by atoms with E-state index in [1.807, 2.05) is 0 Å². The smallest absolute Gasteiger partial charge is 0.324 e. The van der Waals surface area contributed by atoms with Crippen LogP contribution in [0.3, 0.4) is 0 Å². The number of carbonyl (C=O) groups excluding carboxylic acids is 1. The van der Waals surface area contributed by atoms with Crippen LogP contribution in [0.4, 0.5) is 18.9 Å². The summed E-state index contributed by atoms with van der Waals surface area (Å²) in [5, 5.41) is 6.67. The summed E-state index contributed by atoms with van der Waals surface area (Å²) >= 11 is 0. The van der Waals surface area contributed by atoms with E-state index in [-0.39, 0.29) is 17.8 Å². The molecule has 1 aliphatic rings. The van der Waals surface area contributed by atoms with Crippen molar-refractivity contribution in [2.24, 2.45) is 0 Å². The Morgan fingerprint density at radius 1 is 1.14 bits per heavy atom. The van der Waals surface area contributed by atoms with Gasteiger partial charge in [-0.3, -0.25) is 9.59 Å². The Hall–Kier alpha value is -3.10. The van der Waals surface area contributed by atoms with Gasteiger partial charge in [0.25, 0.3) is 5.56 Å². The van der Waals surface area contributed by atoms with Crippen LogP contribution < -0.4 is 10.9 Å². The summed E-state index contributed by atoms with van der Waals surface area (Å²) in [6.45, 7) is -0.387. The molecule has 0 spiro atoms. The van der Waals surface area contributed by atoms with Crippen LogP contribution in [-0.2, 0) is 30.4 Å². The molecule has 4 rings (SSSR count). The lowest BCUT2D eigenvalue weighted by molar-refractivity contribution is -0.137. The summed E-state index contributed by atoms with van der Waals surface area (Å²) in [6.07, 6.45) is 1.98. The van der Waals surface area contributed by atoms with E-state index in [1.165, 1.54) is 33.5 Å². The van der Waals surface area contributed by atoms with E-state index in [0.29, 0.717) is 5.52 Å². The molecule has 1 aromatic carbocycles. The van der Waals surface area contributed by atoms with Gasteiger partial charge < -0.3 is 9.88 Å². The predicted octanol–water partition coefficient (Wildman–Crippen LogP) is 3.03. The van der Waals surface area contributed by atoms with Gasteiger partial charge in [-0.2, -0.15) is 18.3 Å². The standard InChI is InChI=1S/C19H17F3N4O2/c20-19(21,22)13-6-2-4-8-15(13)23-16(27)11-25-9-10-26-17(18(25)28)12-5-1-3-7-14(12)24-26/h2,4,6,8-10H,1,3,5,7,11H2,(H,23,27). The molecule has 2 heterocycles. The minimum atomic E-state index is -4.59. The van der Waals surface area contributed by atoms with Gasteiger partial charge in [0.1, 0.15) is 12.1 Å². The van der Waals surface area contributed by atoms with Gasteiger partial charge in [0, 0.05) is 18.0 Å². The molecule has 1 aliphatic carbocycles. The monoisotopic (exact) mass is 390 g/mol. The largest absolute Gasteiger partial charge is 0.418 e. The fourth-order valence-corrected chi connectivity index (χ4v) is 3.56. The highest BCUT2D eigenvalue weighted by atomic mass is 19.4. The second kappa shape index (κ2) is 6.81. The van der Waals surface area contributed by atoms with Crippen LogP contribution in [0.5, 0.6) is 0 Å². The van der Waals surface area contributed by atoms with Crippen LogP contribution in [-0.4, -0.2) is 20.1 Å². The number of para-hydroxylation sites is 1. The zero-order valence-electron chi connectivity index (χ0n) is 14.8. The summed E-state index contributed by atoms with van der Waals surface area (Å²) in [6, 6.07) is 4.73. The summed E-state index contributed by atoms with van der Waals surface area (Å²) in [4.78, 5) is 25.1. The Morgan fingerprint density at radius 2 is 1.89 bits per heavy atom. The second-order valence-electron chi connectivity index (χ2n) is 6.75. The summed E-state index contributed by atoms with van der Waals surface area (Å²) in [7, 11) is 0. The Bertz CT molecular complexity index is 1110. The Morgan fingerprint density at radius 3 is 2.68 bits per heavy atom. The predicted molar refractivity (Wildman–Crippen MR) is 96.2 cm³/mol. The molecular formula is C19H17F3N4O2. The molecule has 0 aliphatic heterocycles. The molecule has 1 amide bonds. The van der Waals surface area contributed by atoms with Crippen molar-refractivity contribution >= 4 is 17.1 Å². The molecule has 0 radical (unpaired) electrons. The van der Waals surface area contributed by atoms with E-state index in [0.717, 1.165) is 43.0 Å². The number of nitrogens with zero attached hydrogens (tertiary/aromatic N) is 3. The number of hydrogen-bond acceptors (Lipinski definition) is 3. The second-order valence-corrected chi connectivity index (χ2v) is 6.75. The minimum Gasteiger partial charge on any atom is -0.324 e. The van der Waals surface area contributed by atoms with Crippen molar-refractivity contribution < 1.29 is 18.0 Å². The molecule has 1 N–H and O–H groups in total. The molecule has 0 unspecified atom stereocenters. The molecular weight excluding hydrogens is 373 g/mol. The van der Waals surface area contributed by atoms with Crippen LogP contribution in [0.15, 0.2) is 41.5 Å². The number of halogens is 3. The van der Waals surface area contributed by atoms with Gasteiger partial charge in [0.05, 0.1) is 16.9 Å². The number of anilines is 1. The number of nitrogens with one attached hydrogen (secondary N) is 1. The van der Waals surface area contributed by atoms with Gasteiger partial charge >= 0.3 is 6.18 Å². The molecule has 0 bridgehead atoms. The van der Waals surface area contributed by atoms with Crippen LogP contribution in [0, 0.1) is 0 Å². The zero-order chi connectivity index (χ0) is 19.9. The third-order valence-corrected chi connectivity index (χ3v) is 4.85. The first-order valence-corrected chi connectivity index (χ1v) is 8.90. The van der Waals surface area contributed by atoms with E-state index in [1.54, 1.807) is 6.20 Å². The van der Waals surface area contributed by atoms with Crippen molar-refractivity contribution in [1.29, 1.82) is 0 Å². The number of carbonyl (C=O) groups is 1. The molecule has 3 aromatic rings. The molecule has 0 fully saturated rings. The van der Waals surface area contributed by atoms with Crippen molar-refractivity contribution in [3.63, 3.8) is 0 Å². The first-order chi connectivity index (χ1) is 13.3. The summed E-state index contributed by atoms with van der Waals surface area (Å²) in [5.41, 5.74) is 0.572. The molecule has 2 aromatic heterocycles. The van der Waals surface area contributed by atoms with Gasteiger partial charge in [0.2, 0.25) is 5.91 Å². The maximum atomic E-state index is 13.1. The highest BCUT2D eigenvalue weighted by Gasteiger charge is 2.33. The number of alkyl halides is 3. The molecule has 0 saturated heterocycles. The van der Waals surface area contributed by atoms with Crippen molar-refractivity contribution in [2.45, 2.75) is 38.4 Å². The van der Waals surface area contributed by atoms with Crippen molar-refractivity contribution in [3.05, 3.63) is 63.8 Å². The molecule has 0 atom stereocenters. The normalized spacial score (nSPS) is 14.1. The summed E-state index contributed by atoms with van der Waals surface area (Å²) < 4.78 is 41.9. The van der Waals surface area contributed by atoms with Crippen LogP contribution >= 0.6 is 0 Å². The number of fused-ring (bicyclic) bond motifs is 3. The number of amides is 1. The fraction of sp³-hybridized carbons (Fsp3) is 0.316. The molecule has 146 valence electrons. The lowest BCUT2D eigenvalue weighted by atomic mass is 9.97. The quantitative estimate of drug-likeness (QED) is 0.748. The fourth-order valence-electron chi connectivity index (χ4n) is 3.56. The molecule has 9 heteroatoms. The van der Waals surface area contributed by atoms with E-state index in [2.05, 4.69) is 10.4 Å². The third-order valence-electron chi connectivity index (χ3n) is 4.85. The first kappa shape index (κ1) is 18.3. The van der Waals surface area contributed by atoms with Crippen molar-refractivity contribution in [2.75, 3.05) is 5.32 Å². The van der Waals surface area contributed by atoms with Crippen LogP contribution in [0.2, 0.25) is 0 Å². The topological polar surface area (TPSA) is 68.4 Å². The zero-order valence-corrected chi connectivity index (χ0v) is 14.8. The highest BCUT2D eigenvalue weighted by Crippen LogP contribution is 2.34. The van der Waals surface area contributed by atoms with E-state index in [9.17, 15) is 22.8 Å². The number of aromatic nitrogens is 3. The van der Waals surface area contributed by atoms with E-state index < -0.39 is 17.6 Å². The number of aryl methyl sites for hydroxylation is 2. The van der Waals surface area contributed by atoms with Gasteiger partial charge in [-0.05, 0) is 37.8 Å². The van der Waals surface area contributed by atoms with Gasteiger partial charge in [0.15, 0.2) is 0 Å². The first-order valence-electron chi connectivity index (χ1n) is 8.90. The lowest BCUT2D eigenvalue weighted by Gasteiger charge is -2.14. The number of rotatable bonds is 3. The van der Waals surface area contributed by atoms with E-state index >= 15 is 0 Å². The number of hydrogen-bond donors (Lipinski definition) is 1. The van der Waals surface area contributed by atoms with Crippen LogP contribution in [0.25, 0.3) is 5.52 Å². The number of benzene rings is 1. The maximum Gasteiger partial charge on any atom is 0.418 e. The maximum absolute atomic E-state index is 13.1.